The topological polar surface area (TPSA) is 61.8 Å². The van der Waals surface area contributed by atoms with Crippen molar-refractivity contribution in [3.8, 4) is 0 Å². The summed E-state index contributed by atoms with van der Waals surface area (Å²) in [5.41, 5.74) is 0. The van der Waals surface area contributed by atoms with Gasteiger partial charge < -0.3 is 14.2 Å². The first kappa shape index (κ1) is 67.9. The quantitative estimate of drug-likeness (QED) is 0.0345. The lowest BCUT2D eigenvalue weighted by molar-refractivity contribution is -0.163. The average Bonchev–Trinajstić information content (AvgIpc) is 3.36. The van der Waals surface area contributed by atoms with E-state index < -0.39 is 6.10 Å². The first-order valence-corrected chi connectivity index (χ1v) is 31.2. The van der Waals surface area contributed by atoms with Crippen LogP contribution in [0.25, 0.3) is 0 Å². The monoisotopic (exact) mass is 981 g/mol. The van der Waals surface area contributed by atoms with Crippen LogP contribution in [0.3, 0.4) is 0 Å². The lowest BCUT2D eigenvalue weighted by Gasteiger charge is -2.18. The van der Waals surface area contributed by atoms with E-state index in [2.05, 4.69) is 69.4 Å². The lowest BCUT2D eigenvalue weighted by Crippen LogP contribution is -2.30. The number of hydrogen-bond acceptors (Lipinski definition) is 5. The second-order valence-electron chi connectivity index (χ2n) is 20.9. The Morgan fingerprint density at radius 3 is 1.03 bits per heavy atom. The van der Waals surface area contributed by atoms with Crippen molar-refractivity contribution < 1.29 is 23.8 Å². The number of carbonyl (C=O) groups excluding carboxylic acids is 2. The van der Waals surface area contributed by atoms with Gasteiger partial charge in [-0.05, 0) is 57.8 Å². The first-order chi connectivity index (χ1) is 34.6. The van der Waals surface area contributed by atoms with Gasteiger partial charge in [0, 0.05) is 19.4 Å². The molecule has 0 aromatic carbocycles. The Bertz CT molecular complexity index is 1150. The average molecular weight is 982 g/mol. The van der Waals surface area contributed by atoms with Crippen LogP contribution in [0.4, 0.5) is 0 Å². The van der Waals surface area contributed by atoms with Crippen LogP contribution in [0.1, 0.15) is 329 Å². The third-order valence-electron chi connectivity index (χ3n) is 13.9. The van der Waals surface area contributed by atoms with E-state index in [1.165, 1.54) is 225 Å². The minimum atomic E-state index is -0.539. The molecule has 0 bridgehead atoms. The van der Waals surface area contributed by atoms with Crippen molar-refractivity contribution in [1.29, 1.82) is 0 Å². The summed E-state index contributed by atoms with van der Waals surface area (Å²) in [7, 11) is 0. The Morgan fingerprint density at radius 2 is 0.643 bits per heavy atom. The number of esters is 2. The minimum Gasteiger partial charge on any atom is -0.462 e. The molecule has 5 nitrogen and oxygen atoms in total. The van der Waals surface area contributed by atoms with Crippen molar-refractivity contribution >= 4 is 11.9 Å². The predicted octanol–water partition coefficient (Wildman–Crippen LogP) is 21.5. The summed E-state index contributed by atoms with van der Waals surface area (Å²) in [4.78, 5) is 25.6. The van der Waals surface area contributed by atoms with Gasteiger partial charge in [-0.25, -0.2) is 0 Å². The zero-order chi connectivity index (χ0) is 50.6. The van der Waals surface area contributed by atoms with Gasteiger partial charge in [0.15, 0.2) is 6.10 Å². The highest BCUT2D eigenvalue weighted by atomic mass is 16.6. The van der Waals surface area contributed by atoms with E-state index in [1.54, 1.807) is 0 Å². The van der Waals surface area contributed by atoms with Crippen molar-refractivity contribution in [3.63, 3.8) is 0 Å². The summed E-state index contributed by atoms with van der Waals surface area (Å²) >= 11 is 0. The summed E-state index contributed by atoms with van der Waals surface area (Å²) in [6.07, 6.45) is 77.1. The van der Waals surface area contributed by atoms with Gasteiger partial charge in [-0.1, -0.05) is 307 Å². The maximum atomic E-state index is 12.9. The first-order valence-electron chi connectivity index (χ1n) is 31.2. The molecule has 1 unspecified atom stereocenters. The van der Waals surface area contributed by atoms with Gasteiger partial charge in [-0.15, -0.1) is 0 Å². The van der Waals surface area contributed by atoms with Crippen molar-refractivity contribution in [2.75, 3.05) is 19.8 Å². The zero-order valence-electron chi connectivity index (χ0n) is 47.3. The molecule has 0 amide bonds. The van der Waals surface area contributed by atoms with E-state index in [4.69, 9.17) is 14.2 Å². The normalized spacial score (nSPS) is 12.4. The highest BCUT2D eigenvalue weighted by molar-refractivity contribution is 5.70. The SMILES string of the molecule is CC/C=C\C/C=C\C/C=C\C/C=C\CCCCCCCCC(=O)OCC(COCCCCCCCCCCCCCCCCCCCC)OC(=O)CCCCCCCCCCCCCCCCCCC. The van der Waals surface area contributed by atoms with Gasteiger partial charge in [-0.3, -0.25) is 9.59 Å². The summed E-state index contributed by atoms with van der Waals surface area (Å²) in [5.74, 6) is -0.391. The second kappa shape index (κ2) is 61.2. The van der Waals surface area contributed by atoms with Gasteiger partial charge in [0.2, 0.25) is 0 Å². The fourth-order valence-electron chi connectivity index (χ4n) is 9.27. The van der Waals surface area contributed by atoms with Crippen LogP contribution >= 0.6 is 0 Å². The van der Waals surface area contributed by atoms with Gasteiger partial charge in [-0.2, -0.15) is 0 Å². The minimum absolute atomic E-state index is 0.0834. The largest absolute Gasteiger partial charge is 0.462 e. The molecule has 0 heterocycles. The van der Waals surface area contributed by atoms with Crippen molar-refractivity contribution in [2.24, 2.45) is 0 Å². The lowest BCUT2D eigenvalue weighted by atomic mass is 10.0. The molecule has 5 heteroatoms. The fraction of sp³-hybridized carbons (Fsp3) is 0.846. The third-order valence-corrected chi connectivity index (χ3v) is 13.9. The third kappa shape index (κ3) is 58.4. The Hall–Kier alpha value is -2.14. The van der Waals surface area contributed by atoms with Crippen LogP contribution in [-0.4, -0.2) is 37.9 Å². The molecule has 0 N–H and O–H groups in total. The molecule has 410 valence electrons. The molecule has 0 aliphatic rings. The van der Waals surface area contributed by atoms with Gasteiger partial charge in [0.1, 0.15) is 6.61 Å². The second-order valence-corrected chi connectivity index (χ2v) is 20.9. The number of rotatable bonds is 58. The molecule has 0 aromatic heterocycles. The highest BCUT2D eigenvalue weighted by Crippen LogP contribution is 2.17. The number of allylic oxidation sites excluding steroid dienone is 8. The Labute approximate surface area is 437 Å². The van der Waals surface area contributed by atoms with E-state index >= 15 is 0 Å². The summed E-state index contributed by atoms with van der Waals surface area (Å²) in [5, 5.41) is 0. The Kier molecular flexibility index (Phi) is 59.3. The molecule has 0 aromatic rings. The zero-order valence-corrected chi connectivity index (χ0v) is 47.3. The molecule has 0 radical (unpaired) electrons. The maximum absolute atomic E-state index is 12.9. The van der Waals surface area contributed by atoms with Crippen LogP contribution in [0.15, 0.2) is 48.6 Å². The van der Waals surface area contributed by atoms with Crippen LogP contribution in [0.2, 0.25) is 0 Å². The molecule has 1 atom stereocenters. The van der Waals surface area contributed by atoms with E-state index in [0.29, 0.717) is 19.4 Å². The number of carbonyl (C=O) groups is 2. The molecule has 70 heavy (non-hydrogen) atoms. The number of hydrogen-bond donors (Lipinski definition) is 0. The van der Waals surface area contributed by atoms with Gasteiger partial charge in [0.25, 0.3) is 0 Å². The smallest absolute Gasteiger partial charge is 0.306 e. The number of ether oxygens (including phenoxy) is 3. The summed E-state index contributed by atoms with van der Waals surface area (Å²) < 4.78 is 17.5. The van der Waals surface area contributed by atoms with Crippen LogP contribution in [-0.2, 0) is 23.8 Å². The standard InChI is InChI=1S/C65H120O5/c1-4-7-10-13-16-19-22-25-28-31-33-35-37-40-43-46-49-52-55-58-64(66)69-62-63(61-68-60-57-54-51-48-45-42-39-36-32-29-26-23-20-17-14-11-8-5-2)70-65(67)59-56-53-50-47-44-41-38-34-30-27-24-21-18-15-12-9-6-3/h7,10,16,19,25,28,33,35,63H,4-6,8-9,11-15,17-18,20-24,26-27,29-32,34,36-62H2,1-3H3/b10-7-,19-16-,28-25-,35-33-. The molecular weight excluding hydrogens is 861 g/mol. The molecule has 0 aliphatic heterocycles. The van der Waals surface area contributed by atoms with E-state index in [9.17, 15) is 9.59 Å². The summed E-state index contributed by atoms with van der Waals surface area (Å²) in [6.45, 7) is 7.78. The molecule has 0 saturated heterocycles. The Balaban J connectivity index is 4.25. The molecular formula is C65H120O5. The van der Waals surface area contributed by atoms with Crippen LogP contribution in [0, 0.1) is 0 Å². The van der Waals surface area contributed by atoms with E-state index in [0.717, 1.165) is 70.6 Å². The molecule has 0 rings (SSSR count). The van der Waals surface area contributed by atoms with Gasteiger partial charge in [0.05, 0.1) is 6.61 Å². The predicted molar refractivity (Wildman–Crippen MR) is 307 cm³/mol. The molecule has 0 aliphatic carbocycles. The van der Waals surface area contributed by atoms with Crippen molar-refractivity contribution in [2.45, 2.75) is 335 Å². The van der Waals surface area contributed by atoms with Crippen LogP contribution in [0.5, 0.6) is 0 Å². The Morgan fingerprint density at radius 1 is 0.329 bits per heavy atom. The summed E-state index contributed by atoms with van der Waals surface area (Å²) in [6, 6.07) is 0. The fourth-order valence-corrected chi connectivity index (χ4v) is 9.27. The van der Waals surface area contributed by atoms with E-state index in [-0.39, 0.29) is 25.2 Å². The number of unbranched alkanes of at least 4 members (excludes halogenated alkanes) is 39. The molecule has 0 spiro atoms. The van der Waals surface area contributed by atoms with Crippen molar-refractivity contribution in [3.05, 3.63) is 48.6 Å². The van der Waals surface area contributed by atoms with E-state index in [1.807, 2.05) is 0 Å². The maximum Gasteiger partial charge on any atom is 0.306 e. The van der Waals surface area contributed by atoms with Crippen molar-refractivity contribution in [1.82, 2.24) is 0 Å². The molecule has 0 fully saturated rings. The molecule has 0 saturated carbocycles. The highest BCUT2D eigenvalue weighted by Gasteiger charge is 2.18. The van der Waals surface area contributed by atoms with Gasteiger partial charge >= 0.3 is 11.9 Å². The van der Waals surface area contributed by atoms with Crippen LogP contribution < -0.4 is 0 Å².